The number of amides is 1. The van der Waals surface area contributed by atoms with Gasteiger partial charge in [-0.15, -0.1) is 0 Å². The first-order chi connectivity index (χ1) is 9.54. The maximum absolute atomic E-state index is 12.0. The van der Waals surface area contributed by atoms with E-state index in [1.165, 1.54) is 0 Å². The summed E-state index contributed by atoms with van der Waals surface area (Å²) in [6, 6.07) is 13.1. The maximum atomic E-state index is 12.0. The predicted octanol–water partition coefficient (Wildman–Crippen LogP) is 4.84. The zero-order valence-corrected chi connectivity index (χ0v) is 14.4. The van der Waals surface area contributed by atoms with Gasteiger partial charge in [-0.1, -0.05) is 55.6 Å². The molecule has 0 aromatic heterocycles. The van der Waals surface area contributed by atoms with Crippen molar-refractivity contribution in [1.82, 2.24) is 5.32 Å². The summed E-state index contributed by atoms with van der Waals surface area (Å²) in [5, 5.41) is 3.61. The molecule has 0 saturated carbocycles. The van der Waals surface area contributed by atoms with E-state index in [4.69, 9.17) is 11.6 Å². The largest absolute Gasteiger partial charge is 0.352 e. The highest BCUT2D eigenvalue weighted by Crippen LogP contribution is 2.20. The number of nitrogens with one attached hydrogen (secondary N) is 1. The highest BCUT2D eigenvalue weighted by molar-refractivity contribution is 9.11. The lowest BCUT2D eigenvalue weighted by molar-refractivity contribution is 0.0954. The standard InChI is InChI=1S/C15H12Br2ClNO/c16-12-7-11(8-13(17)9-12)15(20)19-5-4-10-2-1-3-14(18)6-10/h1-3,6-9H,4-5H2,(H,19,20). The van der Waals surface area contributed by atoms with Crippen LogP contribution in [0.5, 0.6) is 0 Å². The molecule has 104 valence electrons. The fourth-order valence-corrected chi connectivity index (χ4v) is 3.31. The molecule has 0 unspecified atom stereocenters. The average molecular weight is 418 g/mol. The Balaban J connectivity index is 1.92. The van der Waals surface area contributed by atoms with Crippen LogP contribution in [0.2, 0.25) is 5.02 Å². The van der Waals surface area contributed by atoms with E-state index in [0.717, 1.165) is 20.9 Å². The number of hydrogen-bond acceptors (Lipinski definition) is 1. The Kier molecular flexibility index (Phi) is 5.64. The van der Waals surface area contributed by atoms with Crippen LogP contribution in [0, 0.1) is 0 Å². The van der Waals surface area contributed by atoms with Gasteiger partial charge in [0.2, 0.25) is 0 Å². The van der Waals surface area contributed by atoms with Crippen LogP contribution in [-0.4, -0.2) is 12.5 Å². The van der Waals surface area contributed by atoms with E-state index in [1.54, 1.807) is 12.1 Å². The second kappa shape index (κ2) is 7.25. The third kappa shape index (κ3) is 4.62. The third-order valence-electron chi connectivity index (χ3n) is 2.71. The molecule has 1 N–H and O–H groups in total. The second-order valence-electron chi connectivity index (χ2n) is 4.29. The van der Waals surface area contributed by atoms with Crippen molar-refractivity contribution in [2.24, 2.45) is 0 Å². The van der Waals surface area contributed by atoms with Crippen molar-refractivity contribution in [3.05, 3.63) is 67.6 Å². The van der Waals surface area contributed by atoms with Gasteiger partial charge in [0.1, 0.15) is 0 Å². The van der Waals surface area contributed by atoms with Gasteiger partial charge >= 0.3 is 0 Å². The molecule has 0 atom stereocenters. The van der Waals surface area contributed by atoms with Crippen LogP contribution in [0.25, 0.3) is 0 Å². The van der Waals surface area contributed by atoms with Gasteiger partial charge in [0.15, 0.2) is 0 Å². The molecule has 0 spiro atoms. The van der Waals surface area contributed by atoms with Crippen LogP contribution in [0.1, 0.15) is 15.9 Å². The number of benzene rings is 2. The smallest absolute Gasteiger partial charge is 0.251 e. The first-order valence-corrected chi connectivity index (χ1v) is 8.00. The Hall–Kier alpha value is -0.840. The van der Waals surface area contributed by atoms with Gasteiger partial charge in [0.25, 0.3) is 5.91 Å². The quantitative estimate of drug-likeness (QED) is 0.758. The van der Waals surface area contributed by atoms with Gasteiger partial charge in [0, 0.05) is 26.1 Å². The Labute approximate surface area is 139 Å². The lowest BCUT2D eigenvalue weighted by atomic mass is 10.1. The van der Waals surface area contributed by atoms with Crippen molar-refractivity contribution < 1.29 is 4.79 Å². The molecule has 0 fully saturated rings. The summed E-state index contributed by atoms with van der Waals surface area (Å²) in [5.74, 6) is -0.0889. The predicted molar refractivity (Wildman–Crippen MR) is 89.3 cm³/mol. The molecular weight excluding hydrogens is 405 g/mol. The topological polar surface area (TPSA) is 29.1 Å². The molecule has 2 aromatic rings. The lowest BCUT2D eigenvalue weighted by Crippen LogP contribution is -2.25. The van der Waals surface area contributed by atoms with E-state index in [9.17, 15) is 4.79 Å². The summed E-state index contributed by atoms with van der Waals surface area (Å²) in [7, 11) is 0. The number of carbonyl (C=O) groups excluding carboxylic acids is 1. The first kappa shape index (κ1) is 15.5. The van der Waals surface area contributed by atoms with Crippen molar-refractivity contribution in [3.63, 3.8) is 0 Å². The second-order valence-corrected chi connectivity index (χ2v) is 6.56. The number of halogens is 3. The molecule has 5 heteroatoms. The first-order valence-electron chi connectivity index (χ1n) is 6.03. The van der Waals surface area contributed by atoms with Gasteiger partial charge in [0.05, 0.1) is 0 Å². The molecular formula is C15H12Br2ClNO. The van der Waals surface area contributed by atoms with Crippen molar-refractivity contribution in [3.8, 4) is 0 Å². The van der Waals surface area contributed by atoms with Crippen LogP contribution in [0.4, 0.5) is 0 Å². The third-order valence-corrected chi connectivity index (χ3v) is 3.86. The van der Waals surface area contributed by atoms with E-state index in [-0.39, 0.29) is 5.91 Å². The molecule has 0 aliphatic rings. The molecule has 0 aliphatic heterocycles. The van der Waals surface area contributed by atoms with Crippen LogP contribution < -0.4 is 5.32 Å². The van der Waals surface area contributed by atoms with Crippen LogP contribution in [0.15, 0.2) is 51.4 Å². The van der Waals surface area contributed by atoms with E-state index in [0.29, 0.717) is 17.1 Å². The zero-order chi connectivity index (χ0) is 14.5. The minimum absolute atomic E-state index is 0.0889. The van der Waals surface area contributed by atoms with E-state index < -0.39 is 0 Å². The summed E-state index contributed by atoms with van der Waals surface area (Å²) < 4.78 is 1.73. The van der Waals surface area contributed by atoms with Crippen molar-refractivity contribution in [2.75, 3.05) is 6.54 Å². The summed E-state index contributed by atoms with van der Waals surface area (Å²) in [6.45, 7) is 0.573. The Morgan fingerprint density at radius 2 is 1.80 bits per heavy atom. The molecule has 0 saturated heterocycles. The van der Waals surface area contributed by atoms with E-state index in [1.807, 2.05) is 30.3 Å². The Bertz CT molecular complexity index is 611. The molecule has 20 heavy (non-hydrogen) atoms. The molecule has 0 radical (unpaired) electrons. The highest BCUT2D eigenvalue weighted by Gasteiger charge is 2.07. The lowest BCUT2D eigenvalue weighted by Gasteiger charge is -2.07. The summed E-state index contributed by atoms with van der Waals surface area (Å²) in [6.07, 6.45) is 0.751. The number of carbonyl (C=O) groups is 1. The fourth-order valence-electron chi connectivity index (χ4n) is 1.80. The number of hydrogen-bond donors (Lipinski definition) is 1. The monoisotopic (exact) mass is 415 g/mol. The minimum atomic E-state index is -0.0889. The van der Waals surface area contributed by atoms with Crippen molar-refractivity contribution >= 4 is 49.4 Å². The van der Waals surface area contributed by atoms with Gasteiger partial charge in [-0.05, 0) is 42.3 Å². The minimum Gasteiger partial charge on any atom is -0.352 e. The van der Waals surface area contributed by atoms with Gasteiger partial charge in [-0.2, -0.15) is 0 Å². The normalized spacial score (nSPS) is 10.3. The molecule has 2 nitrogen and oxygen atoms in total. The molecule has 0 bridgehead atoms. The van der Waals surface area contributed by atoms with Crippen LogP contribution >= 0.6 is 43.5 Å². The summed E-state index contributed by atoms with van der Waals surface area (Å²) >= 11 is 12.7. The average Bonchev–Trinajstić information content (AvgIpc) is 2.37. The SMILES string of the molecule is O=C(NCCc1cccc(Cl)c1)c1cc(Br)cc(Br)c1. The number of rotatable bonds is 4. The van der Waals surface area contributed by atoms with E-state index >= 15 is 0 Å². The summed E-state index contributed by atoms with van der Waals surface area (Å²) in [4.78, 5) is 12.0. The Morgan fingerprint density at radius 1 is 1.10 bits per heavy atom. The molecule has 2 rings (SSSR count). The molecule has 0 aliphatic carbocycles. The van der Waals surface area contributed by atoms with Gasteiger partial charge < -0.3 is 5.32 Å². The van der Waals surface area contributed by atoms with Gasteiger partial charge in [-0.25, -0.2) is 0 Å². The van der Waals surface area contributed by atoms with Crippen molar-refractivity contribution in [2.45, 2.75) is 6.42 Å². The maximum Gasteiger partial charge on any atom is 0.251 e. The highest BCUT2D eigenvalue weighted by atomic mass is 79.9. The van der Waals surface area contributed by atoms with Crippen LogP contribution in [0.3, 0.4) is 0 Å². The molecule has 1 amide bonds. The van der Waals surface area contributed by atoms with Gasteiger partial charge in [-0.3, -0.25) is 4.79 Å². The molecule has 2 aromatic carbocycles. The van der Waals surface area contributed by atoms with Crippen LogP contribution in [-0.2, 0) is 6.42 Å². The molecule has 0 heterocycles. The van der Waals surface area contributed by atoms with Crippen molar-refractivity contribution in [1.29, 1.82) is 0 Å². The Morgan fingerprint density at radius 3 is 2.45 bits per heavy atom. The fraction of sp³-hybridized carbons (Fsp3) is 0.133. The zero-order valence-electron chi connectivity index (χ0n) is 10.5. The van der Waals surface area contributed by atoms with E-state index in [2.05, 4.69) is 37.2 Å². The summed E-state index contributed by atoms with van der Waals surface area (Å²) in [5.41, 5.74) is 1.73.